The molecule has 0 aliphatic heterocycles. The van der Waals surface area contributed by atoms with Gasteiger partial charge in [-0.05, 0) is 59.4 Å². The van der Waals surface area contributed by atoms with E-state index in [-0.39, 0.29) is 0 Å². The molecule has 3 aromatic carbocycles. The molecule has 0 aliphatic rings. The number of rotatable bonds is 2. The second-order valence-electron chi connectivity index (χ2n) is 5.06. The summed E-state index contributed by atoms with van der Waals surface area (Å²) in [5.41, 5.74) is 7.58. The third-order valence-electron chi connectivity index (χ3n) is 3.79. The van der Waals surface area contributed by atoms with Crippen LogP contribution in [0.5, 0.6) is 0 Å². The van der Waals surface area contributed by atoms with Crippen LogP contribution >= 0.6 is 0 Å². The predicted molar refractivity (Wildman–Crippen MR) is 85.6 cm³/mol. The normalized spacial score (nSPS) is 10.5. The third-order valence-corrected chi connectivity index (χ3v) is 3.79. The van der Waals surface area contributed by atoms with E-state index in [1.807, 2.05) is 0 Å². The molecule has 0 heterocycles. The van der Waals surface area contributed by atoms with E-state index in [1.54, 1.807) is 0 Å². The molecule has 0 N–H and O–H groups in total. The van der Waals surface area contributed by atoms with Gasteiger partial charge in [-0.2, -0.15) is 0 Å². The summed E-state index contributed by atoms with van der Waals surface area (Å²) in [7, 11) is 0. The Balaban J connectivity index is 2.29. The van der Waals surface area contributed by atoms with Gasteiger partial charge in [-0.25, -0.2) is 0 Å². The Morgan fingerprint density at radius 3 is 1.85 bits per heavy atom. The Morgan fingerprint density at radius 2 is 1.25 bits per heavy atom. The minimum absolute atomic E-state index is 1.21. The maximum absolute atomic E-state index is 3.38. The summed E-state index contributed by atoms with van der Waals surface area (Å²) in [6.07, 6.45) is 0. The van der Waals surface area contributed by atoms with Crippen LogP contribution in [0.15, 0.2) is 66.7 Å². The predicted octanol–water partition coefficient (Wildman–Crippen LogP) is 5.44. The van der Waals surface area contributed by atoms with Crippen molar-refractivity contribution in [1.82, 2.24) is 0 Å². The van der Waals surface area contributed by atoms with Crippen molar-refractivity contribution >= 4 is 0 Å². The highest BCUT2D eigenvalue weighted by molar-refractivity contribution is 5.86. The van der Waals surface area contributed by atoms with Crippen LogP contribution in [0.1, 0.15) is 11.1 Å². The molecule has 0 spiro atoms. The van der Waals surface area contributed by atoms with Crippen molar-refractivity contribution < 1.29 is 0 Å². The van der Waals surface area contributed by atoms with E-state index in [9.17, 15) is 0 Å². The van der Waals surface area contributed by atoms with E-state index in [0.29, 0.717) is 0 Å². The highest BCUT2D eigenvalue weighted by atomic mass is 14.1. The van der Waals surface area contributed by atoms with Crippen molar-refractivity contribution in [3.05, 3.63) is 83.9 Å². The highest BCUT2D eigenvalue weighted by Gasteiger charge is 2.11. The van der Waals surface area contributed by atoms with Crippen molar-refractivity contribution in [2.45, 2.75) is 13.8 Å². The average Bonchev–Trinajstić information content (AvgIpc) is 2.51. The van der Waals surface area contributed by atoms with Crippen molar-refractivity contribution in [2.75, 3.05) is 0 Å². The molecule has 0 aromatic heterocycles. The fraction of sp³-hybridized carbons (Fsp3) is 0.100. The molecule has 0 bridgehead atoms. The number of hydrogen-bond acceptors (Lipinski definition) is 0. The fourth-order valence-corrected chi connectivity index (χ4v) is 2.57. The van der Waals surface area contributed by atoms with Gasteiger partial charge in [0.2, 0.25) is 0 Å². The zero-order valence-electron chi connectivity index (χ0n) is 11.9. The van der Waals surface area contributed by atoms with Crippen LogP contribution < -0.4 is 0 Å². The van der Waals surface area contributed by atoms with Crippen molar-refractivity contribution in [2.24, 2.45) is 0 Å². The maximum Gasteiger partial charge on any atom is -0.00730 e. The van der Waals surface area contributed by atoms with Crippen LogP contribution in [0.25, 0.3) is 22.3 Å². The second-order valence-corrected chi connectivity index (χ2v) is 5.06. The lowest BCUT2D eigenvalue weighted by atomic mass is 9.89. The lowest BCUT2D eigenvalue weighted by Gasteiger charge is -2.15. The minimum Gasteiger partial charge on any atom is -0.0622 e. The number of hydrogen-bond donors (Lipinski definition) is 0. The van der Waals surface area contributed by atoms with Gasteiger partial charge >= 0.3 is 0 Å². The Hall–Kier alpha value is -2.34. The summed E-state index contributed by atoms with van der Waals surface area (Å²) in [4.78, 5) is 0. The van der Waals surface area contributed by atoms with Gasteiger partial charge in [0.05, 0.1) is 0 Å². The van der Waals surface area contributed by atoms with Gasteiger partial charge in [-0.3, -0.25) is 0 Å². The van der Waals surface area contributed by atoms with E-state index in [0.717, 1.165) is 0 Å². The van der Waals surface area contributed by atoms with Gasteiger partial charge in [-0.1, -0.05) is 60.7 Å². The third kappa shape index (κ3) is 2.25. The summed E-state index contributed by atoms with van der Waals surface area (Å²) in [5, 5.41) is 0. The van der Waals surface area contributed by atoms with Gasteiger partial charge in [-0.15, -0.1) is 0 Å². The summed E-state index contributed by atoms with van der Waals surface area (Å²) in [6, 6.07) is 26.6. The molecule has 0 saturated carbocycles. The van der Waals surface area contributed by atoms with Gasteiger partial charge in [0, 0.05) is 0 Å². The first-order valence-electron chi connectivity index (χ1n) is 6.90. The first-order valence-corrected chi connectivity index (χ1v) is 6.90. The largest absolute Gasteiger partial charge is 0.0622 e. The zero-order valence-corrected chi connectivity index (χ0v) is 11.9. The van der Waals surface area contributed by atoms with E-state index < -0.39 is 0 Å². The van der Waals surface area contributed by atoms with E-state index in [4.69, 9.17) is 0 Å². The maximum atomic E-state index is 3.38. The van der Waals surface area contributed by atoms with Crippen molar-refractivity contribution in [3.63, 3.8) is 0 Å². The van der Waals surface area contributed by atoms with Crippen LogP contribution in [0.3, 0.4) is 0 Å². The monoisotopic (exact) mass is 257 g/mol. The minimum atomic E-state index is 1.21. The van der Waals surface area contributed by atoms with Crippen LogP contribution in [0.4, 0.5) is 0 Å². The Morgan fingerprint density at radius 1 is 0.700 bits per heavy atom. The van der Waals surface area contributed by atoms with Gasteiger partial charge < -0.3 is 0 Å². The zero-order chi connectivity index (χ0) is 13.9. The fourth-order valence-electron chi connectivity index (χ4n) is 2.57. The van der Waals surface area contributed by atoms with Gasteiger partial charge in [0.15, 0.2) is 0 Å². The van der Waals surface area contributed by atoms with Crippen LogP contribution in [0.2, 0.25) is 0 Å². The topological polar surface area (TPSA) is 0 Å². The summed E-state index contributed by atoms with van der Waals surface area (Å²) >= 11 is 0. The molecule has 0 heteroatoms. The summed E-state index contributed by atoms with van der Waals surface area (Å²) < 4.78 is 0. The molecule has 0 unspecified atom stereocenters. The second kappa shape index (κ2) is 5.34. The van der Waals surface area contributed by atoms with Crippen LogP contribution in [0, 0.1) is 19.9 Å². The molecule has 0 fully saturated rings. The Bertz CT molecular complexity index is 710. The van der Waals surface area contributed by atoms with E-state index >= 15 is 0 Å². The summed E-state index contributed by atoms with van der Waals surface area (Å²) in [6.45, 7) is 4.30. The van der Waals surface area contributed by atoms with Crippen molar-refractivity contribution in [1.29, 1.82) is 0 Å². The van der Waals surface area contributed by atoms with Crippen molar-refractivity contribution in [3.8, 4) is 22.3 Å². The lowest BCUT2D eigenvalue weighted by molar-refractivity contribution is 1.33. The SMILES string of the molecule is Cc1[c]cc(-c2ccccc2)c(-c2ccccc2)c1C. The molecule has 0 saturated heterocycles. The molecule has 20 heavy (non-hydrogen) atoms. The number of aryl methyl sites for hydroxylation is 1. The molecule has 0 nitrogen and oxygen atoms in total. The van der Waals surface area contributed by atoms with Gasteiger partial charge in [0.1, 0.15) is 0 Å². The molecule has 0 atom stereocenters. The quantitative estimate of drug-likeness (QED) is 0.573. The molecule has 97 valence electrons. The lowest BCUT2D eigenvalue weighted by Crippen LogP contribution is -1.92. The molecule has 0 amide bonds. The van der Waals surface area contributed by atoms with Crippen LogP contribution in [-0.2, 0) is 0 Å². The Kier molecular flexibility index (Phi) is 3.39. The van der Waals surface area contributed by atoms with E-state index in [2.05, 4.69) is 86.6 Å². The van der Waals surface area contributed by atoms with Gasteiger partial charge in [0.25, 0.3) is 0 Å². The molecular weight excluding hydrogens is 240 g/mol. The number of benzene rings is 3. The highest BCUT2D eigenvalue weighted by Crippen LogP contribution is 2.35. The average molecular weight is 257 g/mol. The Labute approximate surface area is 120 Å². The first kappa shape index (κ1) is 12.7. The summed E-state index contributed by atoms with van der Waals surface area (Å²) in [5.74, 6) is 0. The molecule has 0 aliphatic carbocycles. The molecular formula is C20H17. The standard InChI is InChI=1S/C20H17/c1-15-13-14-19(17-9-5-3-6-10-17)20(16(15)2)18-11-7-4-8-12-18/h3-12,14H,1-2H3. The first-order chi connectivity index (χ1) is 9.77. The molecule has 1 radical (unpaired) electrons. The van der Waals surface area contributed by atoms with E-state index in [1.165, 1.54) is 33.4 Å². The molecule has 3 aromatic rings. The molecule has 3 rings (SSSR count). The smallest absolute Gasteiger partial charge is 0.00730 e. The van der Waals surface area contributed by atoms with Crippen LogP contribution in [-0.4, -0.2) is 0 Å².